The Morgan fingerprint density at radius 2 is 1.90 bits per heavy atom. The number of pyridine rings is 1. The molecule has 1 unspecified atom stereocenters. The number of alkyl halides is 3. The first-order valence-electron chi connectivity index (χ1n) is 9.52. The first-order chi connectivity index (χ1) is 14.7. The predicted octanol–water partition coefficient (Wildman–Crippen LogP) is 3.29. The Kier molecular flexibility index (Phi) is 8.75. The van der Waals surface area contributed by atoms with Crippen LogP contribution < -0.4 is 5.32 Å². The number of halogens is 3. The van der Waals surface area contributed by atoms with E-state index in [4.69, 9.17) is 4.74 Å². The molecule has 0 radical (unpaired) electrons. The van der Waals surface area contributed by atoms with Crippen molar-refractivity contribution in [3.63, 3.8) is 0 Å². The van der Waals surface area contributed by atoms with E-state index in [9.17, 15) is 22.8 Å². The van der Waals surface area contributed by atoms with Crippen molar-refractivity contribution in [2.75, 3.05) is 20.3 Å². The van der Waals surface area contributed by atoms with Gasteiger partial charge in [-0.3, -0.25) is 14.6 Å². The van der Waals surface area contributed by atoms with E-state index in [1.165, 1.54) is 25.3 Å². The van der Waals surface area contributed by atoms with Crippen LogP contribution in [0.2, 0.25) is 0 Å². The van der Waals surface area contributed by atoms with Crippen LogP contribution in [0.3, 0.4) is 0 Å². The summed E-state index contributed by atoms with van der Waals surface area (Å²) in [5.41, 5.74) is 0.366. The summed E-state index contributed by atoms with van der Waals surface area (Å²) in [4.78, 5) is 30.5. The molecule has 0 spiro atoms. The van der Waals surface area contributed by atoms with Crippen LogP contribution in [0, 0.1) is 0 Å². The summed E-state index contributed by atoms with van der Waals surface area (Å²) in [6.45, 7) is 2.18. The van der Waals surface area contributed by atoms with Gasteiger partial charge in [0.25, 0.3) is 0 Å². The summed E-state index contributed by atoms with van der Waals surface area (Å²) in [6, 6.07) is 9.56. The van der Waals surface area contributed by atoms with Gasteiger partial charge in [-0.25, -0.2) is 0 Å². The molecule has 6 nitrogen and oxygen atoms in total. The summed E-state index contributed by atoms with van der Waals surface area (Å²) in [5.74, 6) is -0.850. The highest BCUT2D eigenvalue weighted by Gasteiger charge is 2.29. The highest BCUT2D eigenvalue weighted by Crippen LogP contribution is 2.29. The van der Waals surface area contributed by atoms with Crippen molar-refractivity contribution in [2.24, 2.45) is 0 Å². The van der Waals surface area contributed by atoms with Crippen LogP contribution >= 0.6 is 0 Å². The van der Waals surface area contributed by atoms with Gasteiger partial charge in [-0.2, -0.15) is 13.2 Å². The Labute approximate surface area is 178 Å². The number of nitrogens with zero attached hydrogens (tertiary/aromatic N) is 2. The van der Waals surface area contributed by atoms with E-state index in [0.29, 0.717) is 17.9 Å². The van der Waals surface area contributed by atoms with E-state index in [2.05, 4.69) is 10.3 Å². The molecule has 1 atom stereocenters. The summed E-state index contributed by atoms with van der Waals surface area (Å²) in [7, 11) is 1.54. The van der Waals surface area contributed by atoms with E-state index in [1.54, 1.807) is 23.2 Å². The van der Waals surface area contributed by atoms with Crippen LogP contribution in [0.5, 0.6) is 0 Å². The highest BCUT2D eigenvalue weighted by molar-refractivity contribution is 5.94. The fourth-order valence-corrected chi connectivity index (χ4v) is 2.77. The Hall–Kier alpha value is -3.20. The van der Waals surface area contributed by atoms with Crippen molar-refractivity contribution in [1.29, 1.82) is 0 Å². The minimum Gasteiger partial charge on any atom is -0.383 e. The molecular weight excluding hydrogens is 411 g/mol. The van der Waals surface area contributed by atoms with Crippen LogP contribution in [0.1, 0.15) is 23.7 Å². The van der Waals surface area contributed by atoms with E-state index in [0.717, 1.165) is 18.2 Å². The van der Waals surface area contributed by atoms with E-state index < -0.39 is 17.6 Å². The molecule has 0 aliphatic rings. The number of methoxy groups -OCH3 is 1. The molecule has 166 valence electrons. The van der Waals surface area contributed by atoms with Crippen LogP contribution in [-0.4, -0.2) is 48.0 Å². The smallest absolute Gasteiger partial charge is 0.383 e. The van der Waals surface area contributed by atoms with Crippen LogP contribution in [0.25, 0.3) is 6.08 Å². The third-order valence-electron chi connectivity index (χ3n) is 4.40. The number of hydrogen-bond acceptors (Lipinski definition) is 4. The molecule has 1 N–H and O–H groups in total. The zero-order valence-corrected chi connectivity index (χ0v) is 17.2. The number of benzene rings is 1. The van der Waals surface area contributed by atoms with Gasteiger partial charge in [-0.15, -0.1) is 0 Å². The maximum absolute atomic E-state index is 12.7. The maximum atomic E-state index is 12.7. The number of rotatable bonds is 9. The summed E-state index contributed by atoms with van der Waals surface area (Å²) >= 11 is 0. The lowest BCUT2D eigenvalue weighted by molar-refractivity contribution is -0.137. The predicted molar refractivity (Wildman–Crippen MR) is 110 cm³/mol. The Morgan fingerprint density at radius 1 is 1.19 bits per heavy atom. The second-order valence-corrected chi connectivity index (χ2v) is 6.82. The number of hydrogen-bond donors (Lipinski definition) is 1. The molecule has 1 heterocycles. The molecule has 1 aromatic heterocycles. The lowest BCUT2D eigenvalue weighted by atomic mass is 10.1. The minimum atomic E-state index is -4.42. The average molecular weight is 435 g/mol. The largest absolute Gasteiger partial charge is 0.416 e. The van der Waals surface area contributed by atoms with Crippen molar-refractivity contribution in [1.82, 2.24) is 15.2 Å². The van der Waals surface area contributed by atoms with Gasteiger partial charge in [-0.05, 0) is 42.8 Å². The molecule has 0 aliphatic carbocycles. The summed E-state index contributed by atoms with van der Waals surface area (Å²) in [5, 5.41) is 2.49. The standard InChI is InChI=1S/C22H24F3N3O3/c1-16(15-31-2)28(14-19-5-3-4-12-26-19)21(30)13-27-20(29)11-8-17-6-9-18(10-7-17)22(23,24)25/h3-12,16H,13-15H2,1-2H3,(H,27,29)/b11-8+. The monoisotopic (exact) mass is 435 g/mol. The third kappa shape index (κ3) is 7.86. The van der Waals surface area contributed by atoms with Gasteiger partial charge in [0.2, 0.25) is 11.8 Å². The molecule has 0 saturated carbocycles. The normalized spacial score (nSPS) is 12.5. The van der Waals surface area contributed by atoms with Gasteiger partial charge in [-0.1, -0.05) is 18.2 Å². The number of amides is 2. The molecule has 0 aliphatic heterocycles. The molecule has 31 heavy (non-hydrogen) atoms. The highest BCUT2D eigenvalue weighted by atomic mass is 19.4. The topological polar surface area (TPSA) is 71.5 Å². The molecule has 2 amide bonds. The SMILES string of the molecule is COCC(C)N(Cc1ccccn1)C(=O)CNC(=O)/C=C/c1ccc(C(F)(F)F)cc1. The second kappa shape index (κ2) is 11.3. The van der Waals surface area contributed by atoms with Gasteiger partial charge >= 0.3 is 6.18 Å². The van der Waals surface area contributed by atoms with E-state index in [-0.39, 0.29) is 25.0 Å². The number of nitrogens with one attached hydrogen (secondary N) is 1. The molecule has 0 fully saturated rings. The lowest BCUT2D eigenvalue weighted by Crippen LogP contribution is -2.45. The van der Waals surface area contributed by atoms with Crippen molar-refractivity contribution in [3.8, 4) is 0 Å². The van der Waals surface area contributed by atoms with Gasteiger partial charge in [0.05, 0.1) is 37.0 Å². The molecule has 2 rings (SSSR count). The van der Waals surface area contributed by atoms with E-state index in [1.807, 2.05) is 13.0 Å². The fraction of sp³-hybridized carbons (Fsp3) is 0.318. The fourth-order valence-electron chi connectivity index (χ4n) is 2.77. The molecule has 2 aromatic rings. The van der Waals surface area contributed by atoms with Crippen molar-refractivity contribution in [2.45, 2.75) is 25.7 Å². The first kappa shape index (κ1) is 24.1. The molecule has 0 bridgehead atoms. The molecule has 9 heteroatoms. The summed E-state index contributed by atoms with van der Waals surface area (Å²) < 4.78 is 42.9. The Balaban J connectivity index is 1.94. The van der Waals surface area contributed by atoms with Crippen LogP contribution in [0.4, 0.5) is 13.2 Å². The Bertz CT molecular complexity index is 884. The zero-order valence-electron chi connectivity index (χ0n) is 17.2. The van der Waals surface area contributed by atoms with E-state index >= 15 is 0 Å². The Morgan fingerprint density at radius 3 is 2.48 bits per heavy atom. The zero-order chi connectivity index (χ0) is 22.9. The summed E-state index contributed by atoms with van der Waals surface area (Å²) in [6.07, 6.45) is -0.245. The van der Waals surface area contributed by atoms with Gasteiger partial charge in [0.1, 0.15) is 0 Å². The van der Waals surface area contributed by atoms with Crippen molar-refractivity contribution in [3.05, 3.63) is 71.6 Å². The molecule has 0 saturated heterocycles. The number of carbonyl (C=O) groups excluding carboxylic acids is 2. The number of ether oxygens (including phenoxy) is 1. The molecular formula is C22H24F3N3O3. The second-order valence-electron chi connectivity index (χ2n) is 6.82. The van der Waals surface area contributed by atoms with Crippen LogP contribution in [-0.2, 0) is 27.0 Å². The lowest BCUT2D eigenvalue weighted by Gasteiger charge is -2.28. The maximum Gasteiger partial charge on any atom is 0.416 e. The van der Waals surface area contributed by atoms with Crippen LogP contribution in [0.15, 0.2) is 54.7 Å². The third-order valence-corrected chi connectivity index (χ3v) is 4.40. The van der Waals surface area contributed by atoms with Crippen molar-refractivity contribution < 1.29 is 27.5 Å². The number of carbonyl (C=O) groups is 2. The van der Waals surface area contributed by atoms with Gasteiger partial charge in [0, 0.05) is 19.4 Å². The molecule has 1 aromatic carbocycles. The van der Waals surface area contributed by atoms with Gasteiger partial charge < -0.3 is 15.0 Å². The number of aromatic nitrogens is 1. The average Bonchev–Trinajstić information content (AvgIpc) is 2.75. The first-order valence-corrected chi connectivity index (χ1v) is 9.52. The van der Waals surface area contributed by atoms with Gasteiger partial charge in [0.15, 0.2) is 0 Å². The van der Waals surface area contributed by atoms with Crippen molar-refractivity contribution >= 4 is 17.9 Å². The quantitative estimate of drug-likeness (QED) is 0.614. The minimum absolute atomic E-state index is 0.237.